The second-order valence-electron chi connectivity index (χ2n) is 9.94. The lowest BCUT2D eigenvalue weighted by Gasteiger charge is -2.44. The first-order chi connectivity index (χ1) is 13.5. The number of epoxide rings is 1. The van der Waals surface area contributed by atoms with Crippen molar-refractivity contribution < 1.29 is 29.2 Å². The van der Waals surface area contributed by atoms with E-state index in [2.05, 4.69) is 13.8 Å². The number of methoxy groups -OCH3 is 1. The summed E-state index contributed by atoms with van der Waals surface area (Å²) < 4.78 is 17.1. The predicted octanol–water partition coefficient (Wildman–Crippen LogP) is 3.68. The number of carbonyl (C=O) groups is 1. The minimum Gasteiger partial charge on any atom is -0.504 e. The maximum atomic E-state index is 13.0. The maximum Gasteiger partial charge on any atom is 0.338 e. The van der Waals surface area contributed by atoms with Crippen molar-refractivity contribution in [3.63, 3.8) is 0 Å². The van der Waals surface area contributed by atoms with Crippen LogP contribution in [0.25, 0.3) is 0 Å². The number of phenols is 1. The van der Waals surface area contributed by atoms with E-state index in [9.17, 15) is 15.0 Å². The van der Waals surface area contributed by atoms with Gasteiger partial charge in [0.25, 0.3) is 0 Å². The lowest BCUT2D eigenvalue weighted by Crippen LogP contribution is -2.50. The van der Waals surface area contributed by atoms with Crippen molar-refractivity contribution in [1.82, 2.24) is 0 Å². The molecule has 0 unspecified atom stereocenters. The molecule has 4 rings (SSSR count). The highest BCUT2D eigenvalue weighted by Gasteiger charge is 2.68. The smallest absolute Gasteiger partial charge is 0.338 e. The summed E-state index contributed by atoms with van der Waals surface area (Å²) in [5, 5.41) is 21.7. The van der Waals surface area contributed by atoms with Crippen LogP contribution in [0.2, 0.25) is 0 Å². The molecular formula is C23H32O6. The van der Waals surface area contributed by atoms with Gasteiger partial charge in [0, 0.05) is 12.3 Å². The van der Waals surface area contributed by atoms with E-state index in [4.69, 9.17) is 14.2 Å². The molecule has 0 radical (unpaired) electrons. The van der Waals surface area contributed by atoms with E-state index in [1.807, 2.05) is 13.8 Å². The summed E-state index contributed by atoms with van der Waals surface area (Å²) in [5.74, 6) is -0.404. The standard InChI is InChI=1S/C23H32O6/c1-13(2)23(26)9-8-21(3)12-18-22(4,29-18)11-17(19(21)23)28-20(25)14-6-7-16(27-5)15(24)10-14/h6-7,10,13,17-19,24,26H,8-9,11-12H2,1-5H3/t17-,18-,19+,21+,22-,23+/m1/s1. The summed E-state index contributed by atoms with van der Waals surface area (Å²) in [6, 6.07) is 4.49. The Labute approximate surface area is 172 Å². The Kier molecular flexibility index (Phi) is 4.67. The van der Waals surface area contributed by atoms with Gasteiger partial charge >= 0.3 is 5.97 Å². The fraction of sp³-hybridized carbons (Fsp3) is 0.696. The van der Waals surface area contributed by atoms with Gasteiger partial charge in [0.05, 0.1) is 30.0 Å². The van der Waals surface area contributed by atoms with Crippen LogP contribution in [0.5, 0.6) is 11.5 Å². The van der Waals surface area contributed by atoms with Crippen LogP contribution in [-0.4, -0.2) is 46.7 Å². The lowest BCUT2D eigenvalue weighted by molar-refractivity contribution is -0.120. The normalized spacial score (nSPS) is 40.7. The molecule has 160 valence electrons. The number of ether oxygens (including phenoxy) is 3. The van der Waals surface area contributed by atoms with Gasteiger partial charge < -0.3 is 24.4 Å². The molecule has 6 atom stereocenters. The second kappa shape index (κ2) is 6.61. The zero-order valence-electron chi connectivity index (χ0n) is 17.9. The Hall–Kier alpha value is -1.79. The van der Waals surface area contributed by atoms with Gasteiger partial charge in [-0.3, -0.25) is 0 Å². The Balaban J connectivity index is 1.66. The van der Waals surface area contributed by atoms with Crippen molar-refractivity contribution in [3.05, 3.63) is 23.8 Å². The topological polar surface area (TPSA) is 88.5 Å². The summed E-state index contributed by atoms with van der Waals surface area (Å²) in [4.78, 5) is 13.0. The average molecular weight is 405 g/mol. The molecule has 2 saturated carbocycles. The number of fused-ring (bicyclic) bond motifs is 2. The van der Waals surface area contributed by atoms with Crippen molar-refractivity contribution in [3.8, 4) is 11.5 Å². The average Bonchev–Trinajstić information content (AvgIpc) is 3.18. The number of aromatic hydroxyl groups is 1. The van der Waals surface area contributed by atoms with E-state index in [0.29, 0.717) is 18.6 Å². The van der Waals surface area contributed by atoms with Crippen molar-refractivity contribution in [2.24, 2.45) is 17.3 Å². The van der Waals surface area contributed by atoms with Crippen molar-refractivity contribution in [2.75, 3.05) is 7.11 Å². The number of esters is 1. The number of carbonyl (C=O) groups excluding carboxylic acids is 1. The van der Waals surface area contributed by atoms with E-state index in [0.717, 1.165) is 12.8 Å². The highest BCUT2D eigenvalue weighted by atomic mass is 16.6. The second-order valence-corrected chi connectivity index (χ2v) is 9.94. The van der Waals surface area contributed by atoms with E-state index < -0.39 is 17.7 Å². The molecule has 0 bridgehead atoms. The zero-order chi connectivity index (χ0) is 21.2. The van der Waals surface area contributed by atoms with Crippen LogP contribution in [0, 0.1) is 17.3 Å². The molecule has 3 fully saturated rings. The molecule has 0 spiro atoms. The van der Waals surface area contributed by atoms with E-state index in [1.165, 1.54) is 13.2 Å². The fourth-order valence-electron chi connectivity index (χ4n) is 5.85. The van der Waals surface area contributed by atoms with Crippen molar-refractivity contribution >= 4 is 5.97 Å². The molecule has 2 aliphatic carbocycles. The van der Waals surface area contributed by atoms with Gasteiger partial charge in [-0.05, 0) is 55.7 Å². The summed E-state index contributed by atoms with van der Waals surface area (Å²) in [5.41, 5.74) is -1.07. The van der Waals surface area contributed by atoms with Crippen LogP contribution >= 0.6 is 0 Å². The van der Waals surface area contributed by atoms with Crippen LogP contribution in [-0.2, 0) is 9.47 Å². The molecule has 2 N–H and O–H groups in total. The number of hydrogen-bond acceptors (Lipinski definition) is 6. The summed E-state index contributed by atoms with van der Waals surface area (Å²) in [6.45, 7) is 8.34. The fourth-order valence-corrected chi connectivity index (χ4v) is 5.85. The third kappa shape index (κ3) is 3.21. The lowest BCUT2D eigenvalue weighted by atomic mass is 9.67. The van der Waals surface area contributed by atoms with Gasteiger partial charge in [0.2, 0.25) is 0 Å². The third-order valence-electron chi connectivity index (χ3n) is 7.72. The van der Waals surface area contributed by atoms with Crippen LogP contribution in [0.3, 0.4) is 0 Å². The van der Waals surface area contributed by atoms with Gasteiger partial charge in [-0.1, -0.05) is 20.8 Å². The van der Waals surface area contributed by atoms with E-state index in [1.54, 1.807) is 12.1 Å². The predicted molar refractivity (Wildman–Crippen MR) is 107 cm³/mol. The monoisotopic (exact) mass is 404 g/mol. The van der Waals surface area contributed by atoms with Gasteiger partial charge in [-0.25, -0.2) is 4.79 Å². The van der Waals surface area contributed by atoms with Crippen LogP contribution in [0.15, 0.2) is 18.2 Å². The molecule has 1 aromatic carbocycles. The zero-order valence-corrected chi connectivity index (χ0v) is 17.9. The molecule has 0 aromatic heterocycles. The maximum absolute atomic E-state index is 13.0. The summed E-state index contributed by atoms with van der Waals surface area (Å²) in [6.07, 6.45) is 2.73. The third-order valence-corrected chi connectivity index (χ3v) is 7.72. The molecule has 6 nitrogen and oxygen atoms in total. The van der Waals surface area contributed by atoms with E-state index >= 15 is 0 Å². The molecule has 29 heavy (non-hydrogen) atoms. The highest BCUT2D eigenvalue weighted by molar-refractivity contribution is 5.90. The SMILES string of the molecule is COc1ccc(C(=O)O[C@@H]2C[C@@]3(C)O[C@@H]3C[C@]3(C)CC[C@](O)(C(C)C)[C@@H]23)cc1O. The first kappa shape index (κ1) is 20.5. The summed E-state index contributed by atoms with van der Waals surface area (Å²) >= 11 is 0. The van der Waals surface area contributed by atoms with Crippen LogP contribution < -0.4 is 4.74 Å². The van der Waals surface area contributed by atoms with Gasteiger partial charge in [-0.2, -0.15) is 0 Å². The Morgan fingerprint density at radius 3 is 2.59 bits per heavy atom. The van der Waals surface area contributed by atoms with Crippen molar-refractivity contribution in [2.45, 2.75) is 76.8 Å². The Bertz CT molecular complexity index is 822. The van der Waals surface area contributed by atoms with Gasteiger partial charge in [0.15, 0.2) is 11.5 Å². The molecule has 1 aromatic rings. The Morgan fingerprint density at radius 1 is 1.24 bits per heavy atom. The first-order valence-corrected chi connectivity index (χ1v) is 10.5. The van der Waals surface area contributed by atoms with Gasteiger partial charge in [-0.15, -0.1) is 0 Å². The number of phenolic OH excluding ortho intramolecular Hbond substituents is 1. The molecule has 1 saturated heterocycles. The molecule has 3 aliphatic rings. The molecule has 1 heterocycles. The number of rotatable bonds is 4. The van der Waals surface area contributed by atoms with E-state index in [-0.39, 0.29) is 40.3 Å². The minimum absolute atomic E-state index is 0.0590. The molecule has 6 heteroatoms. The van der Waals surface area contributed by atoms with Crippen LogP contribution in [0.4, 0.5) is 0 Å². The number of hydrogen-bond donors (Lipinski definition) is 2. The minimum atomic E-state index is -0.880. The molecular weight excluding hydrogens is 372 g/mol. The highest BCUT2D eigenvalue weighted by Crippen LogP contribution is 2.63. The van der Waals surface area contributed by atoms with Gasteiger partial charge in [0.1, 0.15) is 6.10 Å². The Morgan fingerprint density at radius 2 is 1.97 bits per heavy atom. The first-order valence-electron chi connectivity index (χ1n) is 10.5. The molecule has 0 amide bonds. The largest absolute Gasteiger partial charge is 0.504 e. The molecule has 1 aliphatic heterocycles. The van der Waals surface area contributed by atoms with Crippen LogP contribution in [0.1, 0.15) is 63.7 Å². The quantitative estimate of drug-likeness (QED) is 0.588. The van der Waals surface area contributed by atoms with Crippen molar-refractivity contribution in [1.29, 1.82) is 0 Å². The summed E-state index contributed by atoms with van der Waals surface area (Å²) in [7, 11) is 1.46. The number of aliphatic hydroxyl groups is 1. The number of benzene rings is 1.